The summed E-state index contributed by atoms with van der Waals surface area (Å²) in [4.78, 5) is 32.1. The summed E-state index contributed by atoms with van der Waals surface area (Å²) in [6, 6.07) is 3.55. The molecule has 0 aromatic carbocycles. The Hall–Kier alpha value is -2.15. The summed E-state index contributed by atoms with van der Waals surface area (Å²) in [5.74, 6) is 0.0380. The van der Waals surface area contributed by atoms with Crippen LogP contribution in [0.25, 0.3) is 0 Å². The maximum absolute atomic E-state index is 12.6. The SMILES string of the molecule is CCCCC(=O)N1Cc2cncn2C(C(=O)NCc2cccs2)C1. The normalized spacial score (nSPS) is 16.7. The number of amides is 2. The predicted octanol–water partition coefficient (Wildman–Crippen LogP) is 2.33. The maximum Gasteiger partial charge on any atom is 0.245 e. The third kappa shape index (κ3) is 3.67. The molecule has 1 aliphatic rings. The van der Waals surface area contributed by atoms with E-state index in [1.54, 1.807) is 28.8 Å². The Kier molecular flexibility index (Phi) is 5.30. The molecule has 0 bridgehead atoms. The minimum atomic E-state index is -0.415. The third-order valence-corrected chi connectivity index (χ3v) is 5.12. The van der Waals surface area contributed by atoms with Gasteiger partial charge < -0.3 is 14.8 Å². The van der Waals surface area contributed by atoms with Gasteiger partial charge in [-0.05, 0) is 17.9 Å². The van der Waals surface area contributed by atoms with Crippen LogP contribution in [0, 0.1) is 0 Å². The van der Waals surface area contributed by atoms with Gasteiger partial charge in [-0.1, -0.05) is 19.4 Å². The Morgan fingerprint density at radius 1 is 1.46 bits per heavy atom. The summed E-state index contributed by atoms with van der Waals surface area (Å²) in [6.45, 7) is 3.51. The second kappa shape index (κ2) is 7.61. The highest BCUT2D eigenvalue weighted by Crippen LogP contribution is 2.22. The molecule has 0 fully saturated rings. The van der Waals surface area contributed by atoms with E-state index in [0.717, 1.165) is 23.4 Å². The van der Waals surface area contributed by atoms with Crippen molar-refractivity contribution in [2.24, 2.45) is 0 Å². The molecule has 24 heavy (non-hydrogen) atoms. The molecule has 3 heterocycles. The summed E-state index contributed by atoms with van der Waals surface area (Å²) < 4.78 is 1.88. The molecule has 1 atom stereocenters. The van der Waals surface area contributed by atoms with Crippen molar-refractivity contribution in [1.82, 2.24) is 19.8 Å². The minimum Gasteiger partial charge on any atom is -0.349 e. The van der Waals surface area contributed by atoms with Crippen LogP contribution >= 0.6 is 11.3 Å². The Bertz CT molecular complexity index is 695. The van der Waals surface area contributed by atoms with E-state index in [2.05, 4.69) is 17.2 Å². The van der Waals surface area contributed by atoms with Gasteiger partial charge >= 0.3 is 0 Å². The van der Waals surface area contributed by atoms with Crippen LogP contribution in [0.15, 0.2) is 30.0 Å². The topological polar surface area (TPSA) is 67.2 Å². The number of nitrogens with zero attached hydrogens (tertiary/aromatic N) is 3. The smallest absolute Gasteiger partial charge is 0.245 e. The maximum atomic E-state index is 12.6. The molecule has 0 radical (unpaired) electrons. The van der Waals surface area contributed by atoms with Gasteiger partial charge in [0, 0.05) is 17.5 Å². The standard InChI is InChI=1S/C17H22N4O2S/c1-2-3-6-16(22)20-10-13-8-18-12-21(13)15(11-20)17(23)19-9-14-5-4-7-24-14/h4-5,7-8,12,15H,2-3,6,9-11H2,1H3,(H,19,23). The molecule has 0 spiro atoms. The number of hydrogen-bond donors (Lipinski definition) is 1. The average molecular weight is 346 g/mol. The Labute approximate surface area is 145 Å². The molecular formula is C17H22N4O2S. The second-order valence-electron chi connectivity index (χ2n) is 5.98. The molecule has 2 aromatic heterocycles. The van der Waals surface area contributed by atoms with Crippen LogP contribution in [0.5, 0.6) is 0 Å². The van der Waals surface area contributed by atoms with Crippen molar-refractivity contribution < 1.29 is 9.59 Å². The predicted molar refractivity (Wildman–Crippen MR) is 92.4 cm³/mol. The van der Waals surface area contributed by atoms with Crippen LogP contribution in [-0.4, -0.2) is 32.8 Å². The Balaban J connectivity index is 1.69. The summed E-state index contributed by atoms with van der Waals surface area (Å²) in [5, 5.41) is 4.96. The number of fused-ring (bicyclic) bond motifs is 1. The highest BCUT2D eigenvalue weighted by atomic mass is 32.1. The van der Waals surface area contributed by atoms with Crippen LogP contribution < -0.4 is 5.32 Å². The van der Waals surface area contributed by atoms with Crippen LogP contribution in [0.4, 0.5) is 0 Å². The fourth-order valence-electron chi connectivity index (χ4n) is 2.88. The van der Waals surface area contributed by atoms with E-state index >= 15 is 0 Å². The van der Waals surface area contributed by atoms with Crippen molar-refractivity contribution in [2.45, 2.75) is 45.3 Å². The highest BCUT2D eigenvalue weighted by Gasteiger charge is 2.32. The molecular weight excluding hydrogens is 324 g/mol. The quantitative estimate of drug-likeness (QED) is 0.873. The monoisotopic (exact) mass is 346 g/mol. The Morgan fingerprint density at radius 3 is 3.08 bits per heavy atom. The molecule has 2 amide bonds. The van der Waals surface area contributed by atoms with Crippen molar-refractivity contribution in [3.8, 4) is 0 Å². The number of carbonyl (C=O) groups is 2. The third-order valence-electron chi connectivity index (χ3n) is 4.24. The van der Waals surface area contributed by atoms with Gasteiger partial charge in [-0.2, -0.15) is 0 Å². The van der Waals surface area contributed by atoms with E-state index in [1.165, 1.54) is 0 Å². The molecule has 3 rings (SSSR count). The number of carbonyl (C=O) groups excluding carboxylic acids is 2. The van der Waals surface area contributed by atoms with Crippen molar-refractivity contribution in [1.29, 1.82) is 0 Å². The lowest BCUT2D eigenvalue weighted by atomic mass is 10.1. The zero-order valence-electron chi connectivity index (χ0n) is 13.8. The van der Waals surface area contributed by atoms with E-state index in [9.17, 15) is 9.59 Å². The molecule has 6 nitrogen and oxygen atoms in total. The largest absolute Gasteiger partial charge is 0.349 e. The summed E-state index contributed by atoms with van der Waals surface area (Å²) >= 11 is 1.61. The van der Waals surface area contributed by atoms with E-state index < -0.39 is 6.04 Å². The molecule has 1 unspecified atom stereocenters. The molecule has 0 saturated heterocycles. The molecule has 7 heteroatoms. The van der Waals surface area contributed by atoms with Crippen molar-refractivity contribution >= 4 is 23.2 Å². The van der Waals surface area contributed by atoms with Gasteiger partial charge in [0.15, 0.2) is 0 Å². The first kappa shape index (κ1) is 16.7. The summed E-state index contributed by atoms with van der Waals surface area (Å²) in [7, 11) is 0. The number of thiophene rings is 1. The molecule has 2 aromatic rings. The fourth-order valence-corrected chi connectivity index (χ4v) is 3.53. The zero-order valence-corrected chi connectivity index (χ0v) is 14.6. The number of rotatable bonds is 6. The summed E-state index contributed by atoms with van der Waals surface area (Å²) in [5.41, 5.74) is 0.905. The van der Waals surface area contributed by atoms with E-state index in [0.29, 0.717) is 26.1 Å². The van der Waals surface area contributed by atoms with Gasteiger partial charge in [0.25, 0.3) is 0 Å². The number of nitrogens with one attached hydrogen (secondary N) is 1. The molecule has 1 aliphatic heterocycles. The Morgan fingerprint density at radius 2 is 2.33 bits per heavy atom. The zero-order chi connectivity index (χ0) is 16.9. The van der Waals surface area contributed by atoms with E-state index in [-0.39, 0.29) is 11.8 Å². The van der Waals surface area contributed by atoms with Gasteiger partial charge in [-0.15, -0.1) is 11.3 Å². The van der Waals surface area contributed by atoms with Crippen LogP contribution in [0.2, 0.25) is 0 Å². The van der Waals surface area contributed by atoms with Crippen LogP contribution in [-0.2, 0) is 22.7 Å². The lowest BCUT2D eigenvalue weighted by Crippen LogP contribution is -2.46. The van der Waals surface area contributed by atoms with Gasteiger partial charge in [0.2, 0.25) is 11.8 Å². The molecule has 128 valence electrons. The number of unbranched alkanes of at least 4 members (excludes halogenated alkanes) is 1. The van der Waals surface area contributed by atoms with E-state index in [4.69, 9.17) is 0 Å². The lowest BCUT2D eigenvalue weighted by molar-refractivity contribution is -0.135. The van der Waals surface area contributed by atoms with Gasteiger partial charge in [-0.3, -0.25) is 9.59 Å². The second-order valence-corrected chi connectivity index (χ2v) is 7.02. The first-order valence-electron chi connectivity index (χ1n) is 8.27. The van der Waals surface area contributed by atoms with Crippen LogP contribution in [0.1, 0.15) is 42.8 Å². The van der Waals surface area contributed by atoms with Gasteiger partial charge in [-0.25, -0.2) is 4.98 Å². The van der Waals surface area contributed by atoms with Gasteiger partial charge in [0.05, 0.1) is 31.7 Å². The first-order valence-corrected chi connectivity index (χ1v) is 9.15. The van der Waals surface area contributed by atoms with Crippen LogP contribution in [0.3, 0.4) is 0 Å². The van der Waals surface area contributed by atoms with E-state index in [1.807, 2.05) is 22.1 Å². The summed E-state index contributed by atoms with van der Waals surface area (Å²) in [6.07, 6.45) is 5.82. The first-order chi connectivity index (χ1) is 11.7. The number of imidazole rings is 1. The molecule has 1 N–H and O–H groups in total. The average Bonchev–Trinajstić information content (AvgIpc) is 3.27. The van der Waals surface area contributed by atoms with Crippen molar-refractivity contribution in [2.75, 3.05) is 6.54 Å². The highest BCUT2D eigenvalue weighted by molar-refractivity contribution is 7.09. The van der Waals surface area contributed by atoms with Crippen molar-refractivity contribution in [3.63, 3.8) is 0 Å². The fraction of sp³-hybridized carbons (Fsp3) is 0.471. The van der Waals surface area contributed by atoms with Gasteiger partial charge in [0.1, 0.15) is 6.04 Å². The molecule has 0 aliphatic carbocycles. The lowest BCUT2D eigenvalue weighted by Gasteiger charge is -2.33. The number of hydrogen-bond acceptors (Lipinski definition) is 4. The van der Waals surface area contributed by atoms with Crippen molar-refractivity contribution in [3.05, 3.63) is 40.6 Å². The number of aromatic nitrogens is 2. The minimum absolute atomic E-state index is 0.0735. The molecule has 0 saturated carbocycles.